The van der Waals surface area contributed by atoms with E-state index in [9.17, 15) is 8.78 Å². The van der Waals surface area contributed by atoms with Crippen LogP contribution in [-0.2, 0) is 0 Å². The maximum absolute atomic E-state index is 13.2. The van der Waals surface area contributed by atoms with Crippen LogP contribution < -0.4 is 5.73 Å². The Morgan fingerprint density at radius 3 is 2.44 bits per heavy atom. The molecule has 0 aliphatic heterocycles. The van der Waals surface area contributed by atoms with Crippen molar-refractivity contribution in [3.63, 3.8) is 0 Å². The third kappa shape index (κ3) is 1.82. The van der Waals surface area contributed by atoms with E-state index in [1.165, 1.54) is 23.5 Å². The van der Waals surface area contributed by atoms with Crippen LogP contribution in [0.3, 0.4) is 0 Å². The molecule has 2 N–H and O–H groups in total. The smallest absolute Gasteiger partial charge is 0.126 e. The molecule has 2 aromatic heterocycles. The van der Waals surface area contributed by atoms with Gasteiger partial charge in [0.25, 0.3) is 0 Å². The van der Waals surface area contributed by atoms with Crippen LogP contribution in [0, 0.1) is 11.6 Å². The maximum atomic E-state index is 13.2. The Balaban J connectivity index is 2.21. The van der Waals surface area contributed by atoms with Crippen LogP contribution >= 0.6 is 11.3 Å². The van der Waals surface area contributed by atoms with Gasteiger partial charge in [-0.25, -0.2) is 13.8 Å². The van der Waals surface area contributed by atoms with Crippen molar-refractivity contribution in [1.82, 2.24) is 4.98 Å². The first-order valence-corrected chi connectivity index (χ1v) is 6.10. The van der Waals surface area contributed by atoms with Gasteiger partial charge < -0.3 is 5.73 Å². The largest absolute Gasteiger partial charge is 0.398 e. The first kappa shape index (κ1) is 11.1. The number of halogens is 2. The first-order chi connectivity index (χ1) is 8.63. The van der Waals surface area contributed by atoms with E-state index in [-0.39, 0.29) is 0 Å². The van der Waals surface area contributed by atoms with Crippen LogP contribution in [0.4, 0.5) is 14.5 Å². The summed E-state index contributed by atoms with van der Waals surface area (Å²) in [5, 5.41) is 2.61. The van der Waals surface area contributed by atoms with E-state index in [1.807, 2.05) is 0 Å². The van der Waals surface area contributed by atoms with Crippen LogP contribution in [0.25, 0.3) is 21.3 Å². The number of fused-ring (bicyclic) bond motifs is 1. The molecule has 0 amide bonds. The summed E-state index contributed by atoms with van der Waals surface area (Å²) < 4.78 is 26.3. The number of nitrogens with zero attached hydrogens (tertiary/aromatic N) is 1. The predicted octanol–water partition coefficient (Wildman–Crippen LogP) is 3.82. The first-order valence-electron chi connectivity index (χ1n) is 5.23. The Bertz CT molecular complexity index is 717. The summed E-state index contributed by atoms with van der Waals surface area (Å²) in [6.07, 6.45) is 1.59. The topological polar surface area (TPSA) is 38.9 Å². The van der Waals surface area contributed by atoms with Gasteiger partial charge in [-0.3, -0.25) is 0 Å². The molecule has 0 radical (unpaired) electrons. The van der Waals surface area contributed by atoms with Crippen LogP contribution in [-0.4, -0.2) is 4.98 Å². The van der Waals surface area contributed by atoms with E-state index in [0.717, 1.165) is 16.3 Å². The number of aromatic nitrogens is 1. The van der Waals surface area contributed by atoms with Crippen LogP contribution in [0.1, 0.15) is 0 Å². The number of hydrogen-bond acceptors (Lipinski definition) is 3. The molecule has 0 aliphatic carbocycles. The second kappa shape index (κ2) is 4.03. The molecule has 0 aliphatic rings. The molecule has 0 saturated carbocycles. The SMILES string of the molecule is Nc1csc2ncc(-c3cc(F)cc(F)c3)cc12. The molecule has 3 aromatic rings. The van der Waals surface area contributed by atoms with Gasteiger partial charge in [-0.05, 0) is 23.8 Å². The standard InChI is InChI=1S/C13H8F2N2S/c14-9-1-7(2-10(15)4-9)8-3-11-12(16)6-18-13(11)17-5-8/h1-6H,16H2. The fourth-order valence-corrected chi connectivity index (χ4v) is 2.60. The Labute approximate surface area is 106 Å². The van der Waals surface area contributed by atoms with Crippen molar-refractivity contribution in [2.45, 2.75) is 0 Å². The third-order valence-corrected chi connectivity index (χ3v) is 3.58. The molecule has 18 heavy (non-hydrogen) atoms. The molecule has 5 heteroatoms. The summed E-state index contributed by atoms with van der Waals surface area (Å²) in [6.45, 7) is 0. The van der Waals surface area contributed by atoms with Crippen molar-refractivity contribution in [1.29, 1.82) is 0 Å². The number of nitrogens with two attached hydrogens (primary N) is 1. The van der Waals surface area contributed by atoms with Crippen molar-refractivity contribution >= 4 is 27.2 Å². The van der Waals surface area contributed by atoms with Gasteiger partial charge in [0.1, 0.15) is 16.5 Å². The minimum Gasteiger partial charge on any atom is -0.398 e. The number of hydrogen-bond donors (Lipinski definition) is 1. The van der Waals surface area contributed by atoms with Gasteiger partial charge in [0.2, 0.25) is 0 Å². The lowest BCUT2D eigenvalue weighted by Crippen LogP contribution is -1.87. The molecule has 0 unspecified atom stereocenters. The summed E-state index contributed by atoms with van der Waals surface area (Å²) in [4.78, 5) is 5.04. The van der Waals surface area contributed by atoms with Crippen molar-refractivity contribution in [3.05, 3.63) is 47.5 Å². The van der Waals surface area contributed by atoms with E-state index >= 15 is 0 Å². The highest BCUT2D eigenvalue weighted by atomic mass is 32.1. The highest BCUT2D eigenvalue weighted by Gasteiger charge is 2.07. The molecule has 0 spiro atoms. The Morgan fingerprint density at radius 1 is 1.00 bits per heavy atom. The van der Waals surface area contributed by atoms with Gasteiger partial charge in [0.05, 0.1) is 5.69 Å². The van der Waals surface area contributed by atoms with E-state index in [1.54, 1.807) is 17.6 Å². The Morgan fingerprint density at radius 2 is 1.72 bits per heavy atom. The molecule has 2 heterocycles. The van der Waals surface area contributed by atoms with E-state index in [4.69, 9.17) is 5.73 Å². The van der Waals surface area contributed by atoms with E-state index in [0.29, 0.717) is 16.8 Å². The summed E-state index contributed by atoms with van der Waals surface area (Å²) in [7, 11) is 0. The Kier molecular flexibility index (Phi) is 2.48. The molecule has 0 bridgehead atoms. The minimum absolute atomic E-state index is 0.451. The fraction of sp³-hybridized carbons (Fsp3) is 0. The molecule has 90 valence electrons. The third-order valence-electron chi connectivity index (χ3n) is 2.66. The van der Waals surface area contributed by atoms with E-state index in [2.05, 4.69) is 4.98 Å². The fourth-order valence-electron chi connectivity index (χ4n) is 1.81. The summed E-state index contributed by atoms with van der Waals surface area (Å²) >= 11 is 1.44. The second-order valence-electron chi connectivity index (χ2n) is 3.93. The average molecular weight is 262 g/mol. The van der Waals surface area contributed by atoms with Crippen molar-refractivity contribution in [3.8, 4) is 11.1 Å². The number of pyridine rings is 1. The van der Waals surface area contributed by atoms with Gasteiger partial charge in [-0.2, -0.15) is 0 Å². The average Bonchev–Trinajstić information content (AvgIpc) is 2.69. The molecule has 1 aromatic carbocycles. The normalized spacial score (nSPS) is 11.0. The number of rotatable bonds is 1. The second-order valence-corrected chi connectivity index (χ2v) is 4.78. The lowest BCUT2D eigenvalue weighted by molar-refractivity contribution is 0.584. The molecule has 0 saturated heterocycles. The number of anilines is 1. The van der Waals surface area contributed by atoms with Gasteiger partial charge in [0.15, 0.2) is 0 Å². The molecule has 0 atom stereocenters. The molecule has 3 rings (SSSR count). The van der Waals surface area contributed by atoms with Crippen LogP contribution in [0.15, 0.2) is 35.8 Å². The molecule has 0 fully saturated rings. The van der Waals surface area contributed by atoms with Crippen LogP contribution in [0.5, 0.6) is 0 Å². The van der Waals surface area contributed by atoms with Gasteiger partial charge in [0, 0.05) is 28.6 Å². The Hall–Kier alpha value is -2.01. The van der Waals surface area contributed by atoms with Crippen molar-refractivity contribution < 1.29 is 8.78 Å². The predicted molar refractivity (Wildman–Crippen MR) is 69.4 cm³/mol. The monoisotopic (exact) mass is 262 g/mol. The minimum atomic E-state index is -0.608. The lowest BCUT2D eigenvalue weighted by atomic mass is 10.1. The van der Waals surface area contributed by atoms with Gasteiger partial charge in [-0.15, -0.1) is 11.3 Å². The highest BCUT2D eigenvalue weighted by Crippen LogP contribution is 2.30. The van der Waals surface area contributed by atoms with Gasteiger partial charge in [-0.1, -0.05) is 0 Å². The molecular formula is C13H8F2N2S. The number of thiophene rings is 1. The summed E-state index contributed by atoms with van der Waals surface area (Å²) in [5.74, 6) is -1.22. The van der Waals surface area contributed by atoms with E-state index < -0.39 is 11.6 Å². The molecule has 2 nitrogen and oxygen atoms in total. The van der Waals surface area contributed by atoms with Crippen molar-refractivity contribution in [2.24, 2.45) is 0 Å². The zero-order chi connectivity index (χ0) is 12.7. The maximum Gasteiger partial charge on any atom is 0.126 e. The zero-order valence-electron chi connectivity index (χ0n) is 9.15. The molecular weight excluding hydrogens is 254 g/mol. The zero-order valence-corrected chi connectivity index (χ0v) is 9.97. The van der Waals surface area contributed by atoms with Crippen molar-refractivity contribution in [2.75, 3.05) is 5.73 Å². The summed E-state index contributed by atoms with van der Waals surface area (Å²) in [5.41, 5.74) is 7.53. The summed E-state index contributed by atoms with van der Waals surface area (Å²) in [6, 6.07) is 5.18. The lowest BCUT2D eigenvalue weighted by Gasteiger charge is -2.02. The van der Waals surface area contributed by atoms with Crippen LogP contribution in [0.2, 0.25) is 0 Å². The van der Waals surface area contributed by atoms with Gasteiger partial charge >= 0.3 is 0 Å². The highest BCUT2D eigenvalue weighted by molar-refractivity contribution is 7.17. The quantitative estimate of drug-likeness (QED) is 0.724. The number of benzene rings is 1. The number of nitrogen functional groups attached to an aromatic ring is 1.